The Morgan fingerprint density at radius 1 is 0.667 bits per heavy atom. The van der Waals surface area contributed by atoms with Gasteiger partial charge < -0.3 is 24.6 Å². The van der Waals surface area contributed by atoms with E-state index in [9.17, 15) is 23.8 Å². The van der Waals surface area contributed by atoms with Crippen molar-refractivity contribution in [3.05, 3.63) is 0 Å². The molecule has 0 aliphatic carbocycles. The number of nitrogens with zero attached hydrogens (tertiary/aromatic N) is 1. The van der Waals surface area contributed by atoms with Gasteiger partial charge in [0, 0.05) is 19.3 Å². The van der Waals surface area contributed by atoms with E-state index in [1.807, 2.05) is 21.1 Å². The third-order valence-corrected chi connectivity index (χ3v) is 8.44. The molecular formula is C33H66N2O9P+. The van der Waals surface area contributed by atoms with Crippen molar-refractivity contribution in [1.29, 1.82) is 0 Å². The number of carbonyl (C=O) groups excluding carboxylic acids is 3. The molecule has 1 amide bonds. The van der Waals surface area contributed by atoms with Gasteiger partial charge in [-0.05, 0) is 19.3 Å². The lowest BCUT2D eigenvalue weighted by molar-refractivity contribution is -0.870. The summed E-state index contributed by atoms with van der Waals surface area (Å²) in [6, 6.07) is 0. The van der Waals surface area contributed by atoms with Gasteiger partial charge in [-0.1, -0.05) is 103 Å². The van der Waals surface area contributed by atoms with Gasteiger partial charge in [0.15, 0.2) is 6.10 Å². The van der Waals surface area contributed by atoms with Crippen molar-refractivity contribution < 1.29 is 46.8 Å². The Morgan fingerprint density at radius 2 is 1.11 bits per heavy atom. The number of ether oxygens (including phenoxy) is 2. The van der Waals surface area contributed by atoms with Crippen LogP contribution in [0.4, 0.5) is 0 Å². The summed E-state index contributed by atoms with van der Waals surface area (Å²) >= 11 is 0. The molecule has 12 heteroatoms. The van der Waals surface area contributed by atoms with Gasteiger partial charge in [-0.3, -0.25) is 23.4 Å². The van der Waals surface area contributed by atoms with Crippen LogP contribution in [0.15, 0.2) is 0 Å². The highest BCUT2D eigenvalue weighted by molar-refractivity contribution is 7.47. The molecule has 45 heavy (non-hydrogen) atoms. The van der Waals surface area contributed by atoms with Gasteiger partial charge in [0.05, 0.1) is 27.7 Å². The third-order valence-electron chi connectivity index (χ3n) is 7.46. The first-order chi connectivity index (χ1) is 21.3. The zero-order valence-electron chi connectivity index (χ0n) is 28.9. The van der Waals surface area contributed by atoms with Crippen molar-refractivity contribution in [3.8, 4) is 0 Å². The fraction of sp³-hybridized carbons (Fsp3) is 0.909. The number of nitrogens with two attached hydrogens (primary N) is 1. The zero-order valence-corrected chi connectivity index (χ0v) is 29.8. The average molecular weight is 666 g/mol. The molecule has 11 nitrogen and oxygen atoms in total. The second-order valence-corrected chi connectivity index (χ2v) is 14.6. The number of phosphoric ester groups is 1. The molecule has 0 aromatic rings. The van der Waals surface area contributed by atoms with Crippen molar-refractivity contribution in [2.24, 2.45) is 5.73 Å². The number of esters is 2. The number of carbonyl (C=O) groups is 3. The third kappa shape index (κ3) is 32.2. The molecule has 1 unspecified atom stereocenters. The van der Waals surface area contributed by atoms with Crippen LogP contribution in [-0.2, 0) is 37.5 Å². The van der Waals surface area contributed by atoms with Crippen molar-refractivity contribution in [1.82, 2.24) is 0 Å². The summed E-state index contributed by atoms with van der Waals surface area (Å²) in [5.74, 6) is -1.23. The number of likely N-dealkylation sites (N-methyl/N-ethyl adjacent to an activating group) is 1. The van der Waals surface area contributed by atoms with E-state index >= 15 is 0 Å². The maximum Gasteiger partial charge on any atom is 0.472 e. The lowest BCUT2D eigenvalue weighted by atomic mass is 10.0. The molecule has 0 saturated heterocycles. The summed E-state index contributed by atoms with van der Waals surface area (Å²) < 4.78 is 33.8. The molecule has 266 valence electrons. The molecule has 0 spiro atoms. The second kappa shape index (κ2) is 27.6. The summed E-state index contributed by atoms with van der Waals surface area (Å²) in [5.41, 5.74) is 5.14. The van der Waals surface area contributed by atoms with Gasteiger partial charge >= 0.3 is 19.8 Å². The quantitative estimate of drug-likeness (QED) is 0.0336. The number of phosphoric acid groups is 1. The first kappa shape index (κ1) is 43.5. The summed E-state index contributed by atoms with van der Waals surface area (Å²) in [7, 11) is 1.39. The van der Waals surface area contributed by atoms with Crippen molar-refractivity contribution in [2.75, 3.05) is 47.5 Å². The lowest BCUT2D eigenvalue weighted by Gasteiger charge is -2.24. The molecule has 0 aliphatic heterocycles. The van der Waals surface area contributed by atoms with Crippen molar-refractivity contribution in [3.63, 3.8) is 0 Å². The monoisotopic (exact) mass is 665 g/mol. The number of primary amides is 1. The van der Waals surface area contributed by atoms with Crippen LogP contribution in [0.3, 0.4) is 0 Å². The summed E-state index contributed by atoms with van der Waals surface area (Å²) in [6.45, 7) is 2.03. The molecule has 0 aliphatic rings. The van der Waals surface area contributed by atoms with E-state index in [2.05, 4.69) is 6.92 Å². The maximum absolute atomic E-state index is 12.4. The van der Waals surface area contributed by atoms with Gasteiger partial charge in [0.2, 0.25) is 5.91 Å². The summed E-state index contributed by atoms with van der Waals surface area (Å²) in [6.07, 6.45) is 19.3. The van der Waals surface area contributed by atoms with Crippen molar-refractivity contribution >= 4 is 25.7 Å². The molecule has 2 atom stereocenters. The lowest BCUT2D eigenvalue weighted by Crippen LogP contribution is -2.37. The predicted molar refractivity (Wildman–Crippen MR) is 177 cm³/mol. The molecule has 0 rings (SSSR count). The topological polar surface area (TPSA) is 151 Å². The summed E-state index contributed by atoms with van der Waals surface area (Å²) in [5, 5.41) is 0. The van der Waals surface area contributed by atoms with E-state index in [-0.39, 0.29) is 32.0 Å². The van der Waals surface area contributed by atoms with E-state index in [0.29, 0.717) is 23.9 Å². The average Bonchev–Trinajstić information content (AvgIpc) is 2.95. The summed E-state index contributed by atoms with van der Waals surface area (Å²) in [4.78, 5) is 45.7. The minimum atomic E-state index is -4.39. The number of hydrogen-bond acceptors (Lipinski definition) is 8. The van der Waals surface area contributed by atoms with Crippen LogP contribution in [0.2, 0.25) is 0 Å². The van der Waals surface area contributed by atoms with Crippen LogP contribution in [-0.4, -0.2) is 80.8 Å². The zero-order chi connectivity index (χ0) is 33.8. The second-order valence-electron chi connectivity index (χ2n) is 13.1. The normalized spacial score (nSPS) is 13.7. The van der Waals surface area contributed by atoms with Crippen LogP contribution in [0.5, 0.6) is 0 Å². The molecule has 0 bridgehead atoms. The van der Waals surface area contributed by atoms with Crippen molar-refractivity contribution in [2.45, 2.75) is 148 Å². The first-order valence-corrected chi connectivity index (χ1v) is 18.9. The minimum Gasteiger partial charge on any atom is -0.462 e. The molecule has 3 N–H and O–H groups in total. The molecule has 0 aromatic heterocycles. The van der Waals surface area contributed by atoms with Crippen LogP contribution in [0.1, 0.15) is 142 Å². The molecular weight excluding hydrogens is 599 g/mol. The van der Waals surface area contributed by atoms with Gasteiger partial charge in [-0.15, -0.1) is 0 Å². The largest absolute Gasteiger partial charge is 0.472 e. The Hall–Kier alpha value is -1.52. The molecule has 0 aromatic carbocycles. The maximum atomic E-state index is 12.4. The smallest absolute Gasteiger partial charge is 0.462 e. The molecule has 0 fully saturated rings. The van der Waals surface area contributed by atoms with Crippen LogP contribution < -0.4 is 5.73 Å². The van der Waals surface area contributed by atoms with Gasteiger partial charge in [-0.2, -0.15) is 0 Å². The van der Waals surface area contributed by atoms with Crippen LogP contribution in [0, 0.1) is 0 Å². The van der Waals surface area contributed by atoms with E-state index in [0.717, 1.165) is 44.9 Å². The highest BCUT2D eigenvalue weighted by atomic mass is 31.2. The standard InChI is InChI=1S/C33H65N2O9P/c1-5-6-7-8-9-10-11-12-13-14-15-18-21-24-32(37)41-28-30(29-43-45(39,40)42-27-26-35(2,3)4)44-33(38)25-22-19-16-17-20-23-31(34)36/h30H,5-29H2,1-4H3,(H2-,34,36,39,40)/p+1/t30-/m1/s1. The van der Waals surface area contributed by atoms with E-state index in [4.69, 9.17) is 24.3 Å². The number of quaternary nitrogens is 1. The minimum absolute atomic E-state index is 0.00921. The Morgan fingerprint density at radius 3 is 1.58 bits per heavy atom. The number of rotatable bonds is 32. The van der Waals surface area contributed by atoms with Crippen LogP contribution >= 0.6 is 7.82 Å². The van der Waals surface area contributed by atoms with Gasteiger partial charge in [-0.25, -0.2) is 4.57 Å². The van der Waals surface area contributed by atoms with Gasteiger partial charge in [0.25, 0.3) is 0 Å². The van der Waals surface area contributed by atoms with E-state index in [1.54, 1.807) is 0 Å². The number of amides is 1. The fourth-order valence-electron chi connectivity index (χ4n) is 4.65. The molecule has 0 radical (unpaired) electrons. The Balaban J connectivity index is 4.42. The Kier molecular flexibility index (Phi) is 26.6. The Bertz CT molecular complexity index is 820. The molecule has 0 heterocycles. The van der Waals surface area contributed by atoms with E-state index < -0.39 is 32.5 Å². The van der Waals surface area contributed by atoms with Gasteiger partial charge in [0.1, 0.15) is 19.8 Å². The highest BCUT2D eigenvalue weighted by Crippen LogP contribution is 2.43. The first-order valence-electron chi connectivity index (χ1n) is 17.4. The van der Waals surface area contributed by atoms with E-state index in [1.165, 1.54) is 64.2 Å². The number of hydrogen-bond donors (Lipinski definition) is 2. The Labute approximate surface area is 273 Å². The SMILES string of the molecule is CCCCCCCCCCCCCCCC(=O)OC[C@H](COP(=O)(O)OCC[N+](C)(C)C)OC(=O)CCCCCCCC(N)=O. The highest BCUT2D eigenvalue weighted by Gasteiger charge is 2.27. The predicted octanol–water partition coefficient (Wildman–Crippen LogP) is 6.98. The molecule has 0 saturated carbocycles. The number of unbranched alkanes of at least 4 members (excludes halogenated alkanes) is 16. The fourth-order valence-corrected chi connectivity index (χ4v) is 5.39. The van der Waals surface area contributed by atoms with Crippen LogP contribution in [0.25, 0.3) is 0 Å².